The van der Waals surface area contributed by atoms with Crippen molar-refractivity contribution in [2.75, 3.05) is 4.90 Å². The lowest BCUT2D eigenvalue weighted by Crippen LogP contribution is -2.27. The van der Waals surface area contributed by atoms with Gasteiger partial charge in [-0.3, -0.25) is 9.69 Å². The Hall–Kier alpha value is -6.23. The van der Waals surface area contributed by atoms with Gasteiger partial charge in [-0.25, -0.2) is 0 Å². The van der Waals surface area contributed by atoms with E-state index >= 15 is 0 Å². The van der Waals surface area contributed by atoms with Crippen molar-refractivity contribution in [1.29, 1.82) is 0 Å². The quantitative estimate of drug-likeness (QED) is 0.202. The molecular formula is C46H34N2O2. The van der Waals surface area contributed by atoms with E-state index in [2.05, 4.69) is 103 Å². The molecule has 1 aliphatic heterocycles. The van der Waals surface area contributed by atoms with Gasteiger partial charge in [0.2, 0.25) is 0 Å². The number of nitrogens with zero attached hydrogens (tertiary/aromatic N) is 2. The Kier molecular flexibility index (Phi) is 7.01. The SMILES string of the molecule is Cc1ccccc1-c1ccc2c(c1)c1cc(-c3ccccc3C)ccc1n2-c1cccc2c1C(O)N(c1cccc(-c3ccccc3)c1)C2=O. The predicted octanol–water partition coefficient (Wildman–Crippen LogP) is 11.1. The largest absolute Gasteiger partial charge is 0.369 e. The van der Waals surface area contributed by atoms with Crippen molar-refractivity contribution >= 4 is 33.4 Å². The zero-order valence-corrected chi connectivity index (χ0v) is 27.8. The number of benzene rings is 7. The molecule has 0 saturated carbocycles. The zero-order valence-electron chi connectivity index (χ0n) is 27.8. The lowest BCUT2D eigenvalue weighted by Gasteiger charge is -2.23. The van der Waals surface area contributed by atoms with Gasteiger partial charge in [0.25, 0.3) is 5.91 Å². The van der Waals surface area contributed by atoms with Crippen LogP contribution >= 0.6 is 0 Å². The monoisotopic (exact) mass is 646 g/mol. The highest BCUT2D eigenvalue weighted by Gasteiger charge is 2.39. The van der Waals surface area contributed by atoms with E-state index in [4.69, 9.17) is 0 Å². The minimum absolute atomic E-state index is 0.219. The van der Waals surface area contributed by atoms with Crippen molar-refractivity contribution < 1.29 is 9.90 Å². The fourth-order valence-electron chi connectivity index (χ4n) is 7.71. The van der Waals surface area contributed by atoms with Gasteiger partial charge in [-0.2, -0.15) is 0 Å². The van der Waals surface area contributed by atoms with Crippen LogP contribution in [0, 0.1) is 13.8 Å². The molecule has 8 aromatic rings. The highest BCUT2D eigenvalue weighted by Crippen LogP contribution is 2.44. The van der Waals surface area contributed by atoms with Crippen LogP contribution < -0.4 is 4.90 Å². The second-order valence-electron chi connectivity index (χ2n) is 13.1. The van der Waals surface area contributed by atoms with E-state index in [-0.39, 0.29) is 5.91 Å². The number of aliphatic hydroxyl groups is 1. The van der Waals surface area contributed by atoms with Crippen LogP contribution in [0.1, 0.15) is 33.3 Å². The number of aliphatic hydroxyl groups excluding tert-OH is 1. The standard InChI is InChI=1S/C46H34N2O2/c1-29-12-6-8-18-36(29)33-22-24-41-39(27-33)40-28-34(37-19-9-7-13-30(37)2)23-25-42(40)48(41)43-21-11-20-38-44(43)46(50)47(45(38)49)35-17-10-16-32(26-35)31-14-4-3-5-15-31/h3-28,46,50H,1-2H3. The van der Waals surface area contributed by atoms with E-state index in [1.807, 2.05) is 72.8 Å². The van der Waals surface area contributed by atoms with Crippen LogP contribution in [0.2, 0.25) is 0 Å². The fraction of sp³-hybridized carbons (Fsp3) is 0.0652. The zero-order chi connectivity index (χ0) is 33.9. The Bertz CT molecular complexity index is 2510. The van der Waals surface area contributed by atoms with Crippen LogP contribution in [-0.2, 0) is 0 Å². The Morgan fingerprint density at radius 1 is 0.500 bits per heavy atom. The summed E-state index contributed by atoms with van der Waals surface area (Å²) in [5.74, 6) is -0.219. The molecule has 1 atom stereocenters. The fourth-order valence-corrected chi connectivity index (χ4v) is 7.71. The summed E-state index contributed by atoms with van der Waals surface area (Å²) in [5.41, 5.74) is 13.7. The second kappa shape index (κ2) is 11.7. The molecule has 0 bridgehead atoms. The summed E-state index contributed by atoms with van der Waals surface area (Å²) in [4.78, 5) is 15.6. The van der Waals surface area contributed by atoms with Crippen molar-refractivity contribution in [2.45, 2.75) is 20.1 Å². The first kappa shape index (κ1) is 29.9. The normalized spacial score (nSPS) is 14.1. The van der Waals surface area contributed by atoms with Crippen molar-refractivity contribution in [3.05, 3.63) is 180 Å². The third-order valence-corrected chi connectivity index (χ3v) is 10.2. The molecule has 240 valence electrons. The highest BCUT2D eigenvalue weighted by molar-refractivity contribution is 6.14. The van der Waals surface area contributed by atoms with E-state index in [1.165, 1.54) is 27.2 Å². The molecule has 0 saturated heterocycles. The Balaban J connectivity index is 1.25. The molecule has 1 amide bonds. The molecule has 1 aliphatic rings. The number of carbonyl (C=O) groups is 1. The van der Waals surface area contributed by atoms with Crippen molar-refractivity contribution in [3.63, 3.8) is 0 Å². The minimum Gasteiger partial charge on any atom is -0.369 e. The van der Waals surface area contributed by atoms with Crippen molar-refractivity contribution in [2.24, 2.45) is 0 Å². The van der Waals surface area contributed by atoms with E-state index in [0.29, 0.717) is 16.8 Å². The Morgan fingerprint density at radius 2 is 1.04 bits per heavy atom. The first-order valence-electron chi connectivity index (χ1n) is 17.0. The highest BCUT2D eigenvalue weighted by atomic mass is 16.3. The van der Waals surface area contributed by atoms with Gasteiger partial charge in [-0.05, 0) is 107 Å². The molecule has 1 unspecified atom stereocenters. The number of carbonyl (C=O) groups excluding carboxylic acids is 1. The molecule has 0 aliphatic carbocycles. The maximum Gasteiger partial charge on any atom is 0.261 e. The molecule has 1 N–H and O–H groups in total. The second-order valence-corrected chi connectivity index (χ2v) is 13.1. The van der Waals surface area contributed by atoms with Crippen LogP contribution in [0.15, 0.2) is 158 Å². The van der Waals surface area contributed by atoms with Gasteiger partial charge < -0.3 is 9.67 Å². The molecule has 4 nitrogen and oxygen atoms in total. The third-order valence-electron chi connectivity index (χ3n) is 10.2. The van der Waals surface area contributed by atoms with E-state index in [0.717, 1.165) is 49.7 Å². The van der Waals surface area contributed by atoms with E-state index in [9.17, 15) is 9.90 Å². The Labute approximate surface area is 291 Å². The molecule has 0 radical (unpaired) electrons. The molecule has 0 fully saturated rings. The minimum atomic E-state index is -1.16. The molecule has 7 aromatic carbocycles. The van der Waals surface area contributed by atoms with E-state index in [1.54, 1.807) is 0 Å². The number of hydrogen-bond acceptors (Lipinski definition) is 2. The molecule has 1 aromatic heterocycles. The van der Waals surface area contributed by atoms with Gasteiger partial charge in [0.05, 0.1) is 16.7 Å². The summed E-state index contributed by atoms with van der Waals surface area (Å²) >= 11 is 0. The Morgan fingerprint density at radius 3 is 1.66 bits per heavy atom. The number of fused-ring (bicyclic) bond motifs is 4. The molecule has 2 heterocycles. The number of amides is 1. The van der Waals surface area contributed by atoms with Crippen LogP contribution in [0.25, 0.3) is 60.9 Å². The first-order chi connectivity index (χ1) is 24.5. The van der Waals surface area contributed by atoms with Crippen LogP contribution in [0.5, 0.6) is 0 Å². The van der Waals surface area contributed by atoms with Gasteiger partial charge in [0, 0.05) is 27.6 Å². The first-order valence-corrected chi connectivity index (χ1v) is 17.0. The topological polar surface area (TPSA) is 45.5 Å². The van der Waals surface area contributed by atoms with Crippen molar-refractivity contribution in [1.82, 2.24) is 4.57 Å². The summed E-state index contributed by atoms with van der Waals surface area (Å²) in [5, 5.41) is 14.3. The average Bonchev–Trinajstić information content (AvgIpc) is 3.62. The summed E-state index contributed by atoms with van der Waals surface area (Å²) in [6, 6.07) is 53.9. The van der Waals surface area contributed by atoms with Crippen LogP contribution in [0.4, 0.5) is 5.69 Å². The molecular weight excluding hydrogens is 613 g/mol. The molecule has 9 rings (SSSR count). The van der Waals surface area contributed by atoms with Crippen LogP contribution in [-0.4, -0.2) is 15.6 Å². The lowest BCUT2D eigenvalue weighted by atomic mass is 9.97. The maximum absolute atomic E-state index is 14.1. The van der Waals surface area contributed by atoms with Gasteiger partial charge in [-0.15, -0.1) is 0 Å². The smallest absolute Gasteiger partial charge is 0.261 e. The molecule has 50 heavy (non-hydrogen) atoms. The number of rotatable bonds is 5. The van der Waals surface area contributed by atoms with Crippen molar-refractivity contribution in [3.8, 4) is 39.1 Å². The summed E-state index contributed by atoms with van der Waals surface area (Å²) < 4.78 is 2.22. The van der Waals surface area contributed by atoms with Crippen LogP contribution in [0.3, 0.4) is 0 Å². The van der Waals surface area contributed by atoms with Gasteiger partial charge in [0.1, 0.15) is 0 Å². The summed E-state index contributed by atoms with van der Waals surface area (Å²) in [6.45, 7) is 4.29. The predicted molar refractivity (Wildman–Crippen MR) is 205 cm³/mol. The van der Waals surface area contributed by atoms with E-state index < -0.39 is 6.23 Å². The molecule has 0 spiro atoms. The number of hydrogen-bond donors (Lipinski definition) is 1. The van der Waals surface area contributed by atoms with Gasteiger partial charge in [-0.1, -0.05) is 109 Å². The maximum atomic E-state index is 14.1. The molecule has 4 heteroatoms. The third kappa shape index (κ3) is 4.68. The van der Waals surface area contributed by atoms with Gasteiger partial charge in [0.15, 0.2) is 6.23 Å². The lowest BCUT2D eigenvalue weighted by molar-refractivity contribution is 0.0935. The number of anilines is 1. The number of aryl methyl sites for hydroxylation is 2. The summed E-state index contributed by atoms with van der Waals surface area (Å²) in [7, 11) is 0. The number of aromatic nitrogens is 1. The van der Waals surface area contributed by atoms with Gasteiger partial charge >= 0.3 is 0 Å². The average molecular weight is 647 g/mol. The summed E-state index contributed by atoms with van der Waals surface area (Å²) in [6.07, 6.45) is -1.16.